The fraction of sp³-hybridized carbons (Fsp3) is 0.640. The first-order chi connectivity index (χ1) is 15.7. The van der Waals surface area contributed by atoms with Crippen molar-refractivity contribution >= 4 is 5.96 Å². The van der Waals surface area contributed by atoms with Gasteiger partial charge in [0.25, 0.3) is 0 Å². The SMILES string of the molecule is CCNC(=NCc1ccc(C)cc1OCC1CC1)NCCCc1nnc2n1CCCCC2. The molecule has 0 unspecified atom stereocenters. The van der Waals surface area contributed by atoms with E-state index < -0.39 is 0 Å². The van der Waals surface area contributed by atoms with Gasteiger partial charge in [-0.25, -0.2) is 4.99 Å². The number of aromatic nitrogens is 3. The van der Waals surface area contributed by atoms with Crippen molar-refractivity contribution in [2.24, 2.45) is 10.9 Å². The zero-order valence-corrected chi connectivity index (χ0v) is 19.7. The molecule has 0 atom stereocenters. The van der Waals surface area contributed by atoms with Crippen LogP contribution in [0.1, 0.15) is 68.2 Å². The Kier molecular flexibility index (Phi) is 8.02. The van der Waals surface area contributed by atoms with E-state index in [1.165, 1.54) is 37.7 Å². The van der Waals surface area contributed by atoms with Crippen LogP contribution in [0.4, 0.5) is 0 Å². The van der Waals surface area contributed by atoms with Crippen LogP contribution in [0.2, 0.25) is 0 Å². The molecule has 7 nitrogen and oxygen atoms in total. The van der Waals surface area contributed by atoms with Crippen LogP contribution in [0.5, 0.6) is 5.75 Å². The Morgan fingerprint density at radius 3 is 2.94 bits per heavy atom. The Hall–Kier alpha value is -2.57. The highest BCUT2D eigenvalue weighted by molar-refractivity contribution is 5.79. The maximum atomic E-state index is 6.10. The molecule has 2 N–H and O–H groups in total. The number of benzene rings is 1. The zero-order chi connectivity index (χ0) is 22.2. The summed E-state index contributed by atoms with van der Waals surface area (Å²) in [5, 5.41) is 15.7. The average molecular weight is 439 g/mol. The van der Waals surface area contributed by atoms with Gasteiger partial charge in [0.2, 0.25) is 0 Å². The number of fused-ring (bicyclic) bond motifs is 1. The molecule has 0 bridgehead atoms. The van der Waals surface area contributed by atoms with Gasteiger partial charge in [0, 0.05) is 38.0 Å². The second-order valence-electron chi connectivity index (χ2n) is 9.09. The summed E-state index contributed by atoms with van der Waals surface area (Å²) in [6, 6.07) is 6.41. The van der Waals surface area contributed by atoms with Crippen LogP contribution in [0.3, 0.4) is 0 Å². The Balaban J connectivity index is 1.29. The molecule has 7 heteroatoms. The van der Waals surface area contributed by atoms with Gasteiger partial charge in [-0.15, -0.1) is 10.2 Å². The number of aryl methyl sites for hydroxylation is 3. The minimum atomic E-state index is 0.604. The number of guanidine groups is 1. The molecule has 0 radical (unpaired) electrons. The highest BCUT2D eigenvalue weighted by Crippen LogP contribution is 2.31. The van der Waals surface area contributed by atoms with Crippen LogP contribution < -0.4 is 15.4 Å². The van der Waals surface area contributed by atoms with Crippen LogP contribution in [0, 0.1) is 12.8 Å². The number of nitrogens with one attached hydrogen (secondary N) is 2. The van der Waals surface area contributed by atoms with Crippen molar-refractivity contribution in [2.45, 2.75) is 78.3 Å². The summed E-state index contributed by atoms with van der Waals surface area (Å²) in [7, 11) is 0. The minimum absolute atomic E-state index is 0.604. The molecule has 1 aromatic carbocycles. The lowest BCUT2D eigenvalue weighted by Gasteiger charge is -2.14. The molecule has 1 aromatic heterocycles. The van der Waals surface area contributed by atoms with Gasteiger partial charge in [-0.2, -0.15) is 0 Å². The van der Waals surface area contributed by atoms with E-state index >= 15 is 0 Å². The molecule has 0 amide bonds. The number of hydrogen-bond donors (Lipinski definition) is 2. The maximum absolute atomic E-state index is 6.10. The number of rotatable bonds is 10. The quantitative estimate of drug-likeness (QED) is 0.335. The van der Waals surface area contributed by atoms with Crippen molar-refractivity contribution in [3.8, 4) is 5.75 Å². The van der Waals surface area contributed by atoms with Gasteiger partial charge in [0.15, 0.2) is 5.96 Å². The molecule has 4 rings (SSSR count). The number of aliphatic imine (C=N–C) groups is 1. The van der Waals surface area contributed by atoms with Crippen LogP contribution in [-0.2, 0) is 25.9 Å². The van der Waals surface area contributed by atoms with E-state index in [0.29, 0.717) is 6.54 Å². The van der Waals surface area contributed by atoms with E-state index in [-0.39, 0.29) is 0 Å². The molecular weight excluding hydrogens is 400 g/mol. The van der Waals surface area contributed by atoms with E-state index in [1.54, 1.807) is 0 Å². The Morgan fingerprint density at radius 1 is 1.19 bits per heavy atom. The summed E-state index contributed by atoms with van der Waals surface area (Å²) in [5.74, 6) is 4.86. The smallest absolute Gasteiger partial charge is 0.191 e. The van der Waals surface area contributed by atoms with E-state index in [0.717, 1.165) is 80.3 Å². The maximum Gasteiger partial charge on any atom is 0.191 e. The first-order valence-electron chi connectivity index (χ1n) is 12.4. The standard InChI is InChI=1S/C25H38N6O/c1-3-26-25(27-14-7-9-24-30-29-23-8-5-4-6-15-31(23)24)28-17-21-13-10-19(2)16-22(21)32-18-20-11-12-20/h10,13,16,20H,3-9,11-12,14-15,17-18H2,1-2H3,(H2,26,27,28). The molecular formula is C25H38N6O. The fourth-order valence-electron chi connectivity index (χ4n) is 4.11. The molecule has 2 aromatic rings. The fourth-order valence-corrected chi connectivity index (χ4v) is 4.11. The predicted molar refractivity (Wildman–Crippen MR) is 128 cm³/mol. The predicted octanol–water partition coefficient (Wildman–Crippen LogP) is 3.79. The minimum Gasteiger partial charge on any atom is -0.493 e. The second-order valence-corrected chi connectivity index (χ2v) is 9.09. The number of hydrogen-bond acceptors (Lipinski definition) is 4. The third-order valence-electron chi connectivity index (χ3n) is 6.20. The Morgan fingerprint density at radius 2 is 2.09 bits per heavy atom. The van der Waals surface area contributed by atoms with Gasteiger partial charge in [-0.05, 0) is 63.5 Å². The van der Waals surface area contributed by atoms with Crippen LogP contribution in [0.15, 0.2) is 23.2 Å². The largest absolute Gasteiger partial charge is 0.493 e. The lowest BCUT2D eigenvalue weighted by atomic mass is 10.1. The third kappa shape index (κ3) is 6.47. The van der Waals surface area contributed by atoms with Crippen molar-refractivity contribution in [3.63, 3.8) is 0 Å². The molecule has 1 aliphatic heterocycles. The zero-order valence-electron chi connectivity index (χ0n) is 19.7. The lowest BCUT2D eigenvalue weighted by molar-refractivity contribution is 0.296. The molecule has 0 spiro atoms. The Bertz CT molecular complexity index is 902. The van der Waals surface area contributed by atoms with E-state index in [4.69, 9.17) is 9.73 Å². The van der Waals surface area contributed by atoms with Crippen molar-refractivity contribution < 1.29 is 4.74 Å². The van der Waals surface area contributed by atoms with Crippen LogP contribution >= 0.6 is 0 Å². The molecule has 2 aliphatic rings. The molecule has 2 heterocycles. The van der Waals surface area contributed by atoms with Gasteiger partial charge < -0.3 is 19.9 Å². The molecule has 1 saturated carbocycles. The average Bonchev–Trinajstić information content (AvgIpc) is 3.59. The molecule has 174 valence electrons. The summed E-state index contributed by atoms with van der Waals surface area (Å²) in [6.07, 6.45) is 9.36. The third-order valence-corrected chi connectivity index (χ3v) is 6.20. The van der Waals surface area contributed by atoms with Crippen molar-refractivity contribution in [3.05, 3.63) is 41.0 Å². The molecule has 0 saturated heterocycles. The summed E-state index contributed by atoms with van der Waals surface area (Å²) < 4.78 is 8.44. The summed E-state index contributed by atoms with van der Waals surface area (Å²) in [6.45, 7) is 8.39. The lowest BCUT2D eigenvalue weighted by Crippen LogP contribution is -2.38. The van der Waals surface area contributed by atoms with Crippen molar-refractivity contribution in [1.29, 1.82) is 0 Å². The number of ether oxygens (including phenoxy) is 1. The topological polar surface area (TPSA) is 76.4 Å². The van der Waals surface area contributed by atoms with Gasteiger partial charge in [-0.3, -0.25) is 0 Å². The van der Waals surface area contributed by atoms with Gasteiger partial charge in [0.05, 0.1) is 13.2 Å². The van der Waals surface area contributed by atoms with E-state index in [9.17, 15) is 0 Å². The summed E-state index contributed by atoms with van der Waals surface area (Å²) in [4.78, 5) is 4.82. The molecule has 1 aliphatic carbocycles. The van der Waals surface area contributed by atoms with Crippen LogP contribution in [0.25, 0.3) is 0 Å². The van der Waals surface area contributed by atoms with Gasteiger partial charge in [-0.1, -0.05) is 18.6 Å². The first-order valence-corrected chi connectivity index (χ1v) is 12.4. The van der Waals surface area contributed by atoms with E-state index in [2.05, 4.69) is 57.4 Å². The first kappa shape index (κ1) is 22.6. The van der Waals surface area contributed by atoms with Crippen molar-refractivity contribution in [2.75, 3.05) is 19.7 Å². The molecule has 1 fully saturated rings. The van der Waals surface area contributed by atoms with E-state index in [1.807, 2.05) is 0 Å². The van der Waals surface area contributed by atoms with Crippen LogP contribution in [-0.4, -0.2) is 40.4 Å². The summed E-state index contributed by atoms with van der Waals surface area (Å²) in [5.41, 5.74) is 2.36. The molecule has 32 heavy (non-hydrogen) atoms. The van der Waals surface area contributed by atoms with Gasteiger partial charge in [0.1, 0.15) is 17.4 Å². The monoisotopic (exact) mass is 438 g/mol. The Labute approximate surface area is 192 Å². The second kappa shape index (κ2) is 11.3. The van der Waals surface area contributed by atoms with Gasteiger partial charge >= 0.3 is 0 Å². The van der Waals surface area contributed by atoms with Crippen molar-refractivity contribution in [1.82, 2.24) is 25.4 Å². The summed E-state index contributed by atoms with van der Waals surface area (Å²) >= 11 is 0. The number of nitrogens with zero attached hydrogens (tertiary/aromatic N) is 4. The highest BCUT2D eigenvalue weighted by atomic mass is 16.5. The highest BCUT2D eigenvalue weighted by Gasteiger charge is 2.22. The normalized spacial score (nSPS) is 16.4.